The maximum atomic E-state index is 6.33. The van der Waals surface area contributed by atoms with E-state index in [1.807, 2.05) is 0 Å². The van der Waals surface area contributed by atoms with Crippen molar-refractivity contribution in [2.24, 2.45) is 5.92 Å². The molecular weight excluding hydrogens is 198 g/mol. The molecule has 0 unspecified atom stereocenters. The van der Waals surface area contributed by atoms with E-state index in [2.05, 4.69) is 12.4 Å². The molecule has 2 aliphatic carbocycles. The van der Waals surface area contributed by atoms with Crippen molar-refractivity contribution in [3.63, 3.8) is 0 Å². The highest BCUT2D eigenvalue weighted by Gasteiger charge is 2.33. The minimum atomic E-state index is 0.176. The molecule has 2 rings (SSSR count). The van der Waals surface area contributed by atoms with Crippen LogP contribution in [0.15, 0.2) is 0 Å². The van der Waals surface area contributed by atoms with Gasteiger partial charge in [0.1, 0.15) is 0 Å². The fraction of sp³-hybridized carbons (Fsp3) is 1.00. The van der Waals surface area contributed by atoms with Gasteiger partial charge in [-0.3, -0.25) is 0 Å². The van der Waals surface area contributed by atoms with Gasteiger partial charge in [-0.2, -0.15) is 0 Å². The van der Waals surface area contributed by atoms with Crippen LogP contribution in [0.3, 0.4) is 0 Å². The van der Waals surface area contributed by atoms with Gasteiger partial charge >= 0.3 is 0 Å². The molecule has 0 amide bonds. The Kier molecular flexibility index (Phi) is 4.66. The van der Waals surface area contributed by atoms with Gasteiger partial charge in [0.05, 0.1) is 12.2 Å². The average molecular weight is 225 g/mol. The highest BCUT2D eigenvalue weighted by molar-refractivity contribution is 4.86. The number of ether oxygens (including phenoxy) is 1. The highest BCUT2D eigenvalue weighted by Crippen LogP contribution is 2.33. The Hall–Kier alpha value is -0.0800. The lowest BCUT2D eigenvalue weighted by Crippen LogP contribution is -2.44. The van der Waals surface area contributed by atoms with Crippen molar-refractivity contribution in [2.75, 3.05) is 20.2 Å². The topological polar surface area (TPSA) is 21.3 Å². The summed E-state index contributed by atoms with van der Waals surface area (Å²) in [5.41, 5.74) is 0.176. The van der Waals surface area contributed by atoms with Crippen LogP contribution in [0.25, 0.3) is 0 Å². The molecule has 2 nitrogen and oxygen atoms in total. The maximum Gasteiger partial charge on any atom is 0.0806 e. The smallest absolute Gasteiger partial charge is 0.0806 e. The third-order valence-electron chi connectivity index (χ3n) is 4.36. The van der Waals surface area contributed by atoms with Crippen molar-refractivity contribution in [1.29, 1.82) is 0 Å². The van der Waals surface area contributed by atoms with Crippen LogP contribution in [0.5, 0.6) is 0 Å². The molecule has 2 heteroatoms. The quantitative estimate of drug-likeness (QED) is 0.776. The minimum Gasteiger partial charge on any atom is -0.373 e. The van der Waals surface area contributed by atoms with Gasteiger partial charge in [0, 0.05) is 6.54 Å². The van der Waals surface area contributed by atoms with Gasteiger partial charge in [0.2, 0.25) is 0 Å². The van der Waals surface area contributed by atoms with Crippen LogP contribution in [0.4, 0.5) is 0 Å². The molecule has 0 aromatic heterocycles. The molecule has 0 heterocycles. The molecule has 0 saturated heterocycles. The molecule has 0 aromatic rings. The minimum absolute atomic E-state index is 0.176. The summed E-state index contributed by atoms with van der Waals surface area (Å²) in [4.78, 5) is 0. The summed E-state index contributed by atoms with van der Waals surface area (Å²) in [6, 6.07) is 0. The summed E-state index contributed by atoms with van der Waals surface area (Å²) < 4.78 is 6.33. The molecule has 0 atom stereocenters. The van der Waals surface area contributed by atoms with Crippen molar-refractivity contribution in [2.45, 2.75) is 63.4 Å². The first kappa shape index (κ1) is 12.4. The third kappa shape index (κ3) is 3.21. The molecule has 2 saturated carbocycles. The lowest BCUT2D eigenvalue weighted by atomic mass is 9.84. The normalized spacial score (nSPS) is 26.1. The van der Waals surface area contributed by atoms with E-state index in [1.54, 1.807) is 0 Å². The molecule has 0 aliphatic heterocycles. The summed E-state index contributed by atoms with van der Waals surface area (Å²) in [7, 11) is 2.05. The Balaban J connectivity index is 1.80. The van der Waals surface area contributed by atoms with Crippen LogP contribution in [0.1, 0.15) is 57.8 Å². The van der Waals surface area contributed by atoms with E-state index in [1.165, 1.54) is 57.8 Å². The van der Waals surface area contributed by atoms with Gasteiger partial charge in [-0.25, -0.2) is 0 Å². The van der Waals surface area contributed by atoms with Crippen LogP contribution in [0, 0.1) is 5.92 Å². The molecule has 2 aliphatic rings. The Bertz CT molecular complexity index is 187. The summed E-state index contributed by atoms with van der Waals surface area (Å²) >= 11 is 0. The molecule has 0 aromatic carbocycles. The second kappa shape index (κ2) is 6.02. The molecule has 16 heavy (non-hydrogen) atoms. The van der Waals surface area contributed by atoms with Gasteiger partial charge in [-0.05, 0) is 38.6 Å². The van der Waals surface area contributed by atoms with Gasteiger partial charge in [0.25, 0.3) is 0 Å². The fourth-order valence-electron chi connectivity index (χ4n) is 3.36. The van der Waals surface area contributed by atoms with E-state index in [-0.39, 0.29) is 5.60 Å². The van der Waals surface area contributed by atoms with Crippen molar-refractivity contribution in [3.8, 4) is 0 Å². The Labute approximate surface area is 100 Å². The lowest BCUT2D eigenvalue weighted by molar-refractivity contribution is -0.0800. The first-order chi connectivity index (χ1) is 7.85. The zero-order chi connectivity index (χ0) is 11.3. The molecule has 0 spiro atoms. The summed E-state index contributed by atoms with van der Waals surface area (Å²) in [5.74, 6) is 0.857. The maximum absolute atomic E-state index is 6.33. The first-order valence-corrected chi connectivity index (χ1v) is 7.13. The fourth-order valence-corrected chi connectivity index (χ4v) is 3.36. The molecule has 2 fully saturated rings. The predicted octanol–water partition coefficient (Wildman–Crippen LogP) is 3.12. The van der Waals surface area contributed by atoms with Crippen molar-refractivity contribution in [3.05, 3.63) is 0 Å². The van der Waals surface area contributed by atoms with Crippen LogP contribution >= 0.6 is 0 Å². The van der Waals surface area contributed by atoms with Gasteiger partial charge in [-0.1, -0.05) is 32.1 Å². The van der Waals surface area contributed by atoms with Gasteiger partial charge in [-0.15, -0.1) is 0 Å². The monoisotopic (exact) mass is 225 g/mol. The molecule has 0 radical (unpaired) electrons. The zero-order valence-electron chi connectivity index (χ0n) is 10.8. The van der Waals surface area contributed by atoms with Crippen LogP contribution in [0.2, 0.25) is 0 Å². The number of rotatable bonds is 5. The average Bonchev–Trinajstić information content (AvgIpc) is 2.81. The number of hydrogen-bond donors (Lipinski definition) is 1. The van der Waals surface area contributed by atoms with E-state index in [0.717, 1.165) is 19.1 Å². The van der Waals surface area contributed by atoms with Crippen molar-refractivity contribution >= 4 is 0 Å². The highest BCUT2D eigenvalue weighted by atomic mass is 16.5. The van der Waals surface area contributed by atoms with Gasteiger partial charge < -0.3 is 10.1 Å². The standard InChI is InChI=1S/C14H27NO/c1-15-12-14(9-5-2-6-10-14)16-11-13-7-3-4-8-13/h13,15H,2-12H2,1H3. The number of nitrogens with one attached hydrogen (secondary N) is 1. The van der Waals surface area contributed by atoms with Crippen molar-refractivity contribution < 1.29 is 4.74 Å². The van der Waals surface area contributed by atoms with E-state index < -0.39 is 0 Å². The summed E-state index contributed by atoms with van der Waals surface area (Å²) in [5, 5.41) is 3.33. The molecular formula is C14H27NO. The Morgan fingerprint density at radius 1 is 1.06 bits per heavy atom. The largest absolute Gasteiger partial charge is 0.373 e. The van der Waals surface area contributed by atoms with Crippen molar-refractivity contribution in [1.82, 2.24) is 5.32 Å². The Morgan fingerprint density at radius 2 is 1.75 bits per heavy atom. The zero-order valence-corrected chi connectivity index (χ0v) is 10.8. The van der Waals surface area contributed by atoms with Gasteiger partial charge in [0.15, 0.2) is 0 Å². The summed E-state index contributed by atoms with van der Waals surface area (Å²) in [6.07, 6.45) is 12.3. The Morgan fingerprint density at radius 3 is 2.38 bits per heavy atom. The van der Waals surface area contributed by atoms with E-state index in [0.29, 0.717) is 0 Å². The SMILES string of the molecule is CNCC1(OCC2CCCC2)CCCCC1. The van der Waals surface area contributed by atoms with E-state index in [4.69, 9.17) is 4.74 Å². The first-order valence-electron chi connectivity index (χ1n) is 7.13. The number of hydrogen-bond acceptors (Lipinski definition) is 2. The van der Waals surface area contributed by atoms with Crippen LogP contribution in [-0.4, -0.2) is 25.8 Å². The molecule has 0 bridgehead atoms. The second-order valence-electron chi connectivity index (χ2n) is 5.74. The molecule has 1 N–H and O–H groups in total. The van der Waals surface area contributed by atoms with E-state index >= 15 is 0 Å². The predicted molar refractivity (Wildman–Crippen MR) is 67.7 cm³/mol. The van der Waals surface area contributed by atoms with Crippen LogP contribution < -0.4 is 5.32 Å². The number of likely N-dealkylation sites (N-methyl/N-ethyl adjacent to an activating group) is 1. The molecule has 94 valence electrons. The summed E-state index contributed by atoms with van der Waals surface area (Å²) in [6.45, 7) is 2.06. The van der Waals surface area contributed by atoms with E-state index in [9.17, 15) is 0 Å². The third-order valence-corrected chi connectivity index (χ3v) is 4.36. The second-order valence-corrected chi connectivity index (χ2v) is 5.74. The van der Waals surface area contributed by atoms with Crippen LogP contribution in [-0.2, 0) is 4.74 Å². The lowest BCUT2D eigenvalue weighted by Gasteiger charge is -2.38.